The zero-order valence-electron chi connectivity index (χ0n) is 21.4. The number of aromatic amines is 1. The summed E-state index contributed by atoms with van der Waals surface area (Å²) in [5.74, 6) is 0.890. The van der Waals surface area contributed by atoms with Gasteiger partial charge in [-0.3, -0.25) is 0 Å². The van der Waals surface area contributed by atoms with Gasteiger partial charge >= 0.3 is 6.01 Å². The number of aryl methyl sites for hydroxylation is 1. The van der Waals surface area contributed by atoms with E-state index in [4.69, 9.17) is 14.6 Å². The molecule has 4 N–H and O–H groups in total. The van der Waals surface area contributed by atoms with Crippen molar-refractivity contribution in [2.45, 2.75) is 26.8 Å². The number of halogens is 1. The Morgan fingerprint density at radius 1 is 1.30 bits per heavy atom. The smallest absolute Gasteiger partial charge is 0.326 e. The van der Waals surface area contributed by atoms with E-state index < -0.39 is 12.8 Å². The van der Waals surface area contributed by atoms with Gasteiger partial charge in [-0.15, -0.1) is 0 Å². The number of nitrogens with one attached hydrogen (secondary N) is 2. The molecule has 0 spiro atoms. The van der Waals surface area contributed by atoms with Gasteiger partial charge in [0.15, 0.2) is 5.75 Å². The molecule has 170 valence electrons. The molecule has 0 bridgehead atoms. The van der Waals surface area contributed by atoms with Gasteiger partial charge in [0.2, 0.25) is 0 Å². The van der Waals surface area contributed by atoms with Crippen LogP contribution in [0, 0.1) is 12.7 Å². The van der Waals surface area contributed by atoms with Gasteiger partial charge in [-0.25, -0.2) is 14.4 Å². The van der Waals surface area contributed by atoms with Gasteiger partial charge in [-0.2, -0.15) is 9.97 Å². The van der Waals surface area contributed by atoms with Crippen molar-refractivity contribution in [3.8, 4) is 11.8 Å². The number of H-pyrrole nitrogens is 1. The van der Waals surface area contributed by atoms with E-state index in [9.17, 15) is 4.39 Å². The minimum Gasteiger partial charge on any atom is -0.421 e. The van der Waals surface area contributed by atoms with E-state index in [2.05, 4.69) is 30.2 Å². The molecule has 1 atom stereocenters. The third-order valence-corrected chi connectivity index (χ3v) is 5.89. The molecular weight excluding hydrogens is 423 g/mol. The molecule has 1 aliphatic heterocycles. The highest BCUT2D eigenvalue weighted by atomic mass is 19.1. The average molecular weight is 452 g/mol. The second kappa shape index (κ2) is 7.96. The summed E-state index contributed by atoms with van der Waals surface area (Å²) >= 11 is 0. The highest BCUT2D eigenvalue weighted by Gasteiger charge is 2.29. The summed E-state index contributed by atoms with van der Waals surface area (Å²) in [6, 6.07) is 2.45. The van der Waals surface area contributed by atoms with E-state index in [1.54, 1.807) is 6.92 Å². The van der Waals surface area contributed by atoms with Crippen LogP contribution in [-0.2, 0) is 0 Å². The lowest BCUT2D eigenvalue weighted by Gasteiger charge is -2.37. The maximum atomic E-state index is 14.6. The van der Waals surface area contributed by atoms with Gasteiger partial charge in [0.25, 0.3) is 0 Å². The summed E-state index contributed by atoms with van der Waals surface area (Å²) in [7, 11) is 0. The van der Waals surface area contributed by atoms with E-state index in [0.29, 0.717) is 52.4 Å². The number of fused-ring (bicyclic) bond motifs is 3. The van der Waals surface area contributed by atoms with Crippen molar-refractivity contribution in [1.82, 2.24) is 24.9 Å². The Labute approximate surface area is 194 Å². The fraction of sp³-hybridized carbons (Fsp3) is 0.304. The van der Waals surface area contributed by atoms with E-state index in [-0.39, 0.29) is 17.7 Å². The maximum Gasteiger partial charge on any atom is 0.326 e. The summed E-state index contributed by atoms with van der Waals surface area (Å²) in [4.78, 5) is 22.5. The predicted octanol–water partition coefficient (Wildman–Crippen LogP) is 3.67. The lowest BCUT2D eigenvalue weighted by Crippen LogP contribution is -2.43. The number of aromatic nitrogens is 5. The summed E-state index contributed by atoms with van der Waals surface area (Å²) < 4.78 is 43.2. The zero-order chi connectivity index (χ0) is 25.8. The summed E-state index contributed by atoms with van der Waals surface area (Å²) in [5, 5.41) is 3.41. The molecule has 0 amide bonds. The Morgan fingerprint density at radius 2 is 2.06 bits per heavy atom. The molecule has 5 rings (SSSR count). The Hall–Kier alpha value is -3.79. The number of nitrogens with two attached hydrogens (primary N) is 1. The van der Waals surface area contributed by atoms with Gasteiger partial charge in [-0.05, 0) is 38.5 Å². The van der Waals surface area contributed by atoms with Gasteiger partial charge in [0.05, 0.1) is 29.0 Å². The van der Waals surface area contributed by atoms with Gasteiger partial charge < -0.3 is 25.7 Å². The molecule has 4 heterocycles. The highest BCUT2D eigenvalue weighted by Crippen LogP contribution is 2.39. The summed E-state index contributed by atoms with van der Waals surface area (Å²) in [6.07, 6.45) is 3.04. The molecular formula is C23H25FN8O. The first-order valence-electron chi connectivity index (χ1n) is 11.9. The van der Waals surface area contributed by atoms with Crippen LogP contribution in [-0.4, -0.2) is 51.0 Å². The Bertz CT molecular complexity index is 1490. The van der Waals surface area contributed by atoms with E-state index in [0.717, 1.165) is 11.6 Å². The van der Waals surface area contributed by atoms with Crippen LogP contribution in [0.25, 0.3) is 21.9 Å². The standard InChI is InChI=1S/C23H25FN8O/c1-11(12(2)25)14-9-32(10-14)22-19-17-5-15(24)6-18(26-4)20(17)29-21(19)30-23(31-22)33-16-7-27-13(3)28-8-16/h5-8,12,26H,9-10,25H2,1-4H3,(H,29,30,31)/i4D3. The van der Waals surface area contributed by atoms with E-state index in [1.165, 1.54) is 24.0 Å². The zero-order valence-corrected chi connectivity index (χ0v) is 18.4. The van der Waals surface area contributed by atoms with Crippen LogP contribution in [0.2, 0.25) is 0 Å². The average Bonchev–Trinajstić information content (AvgIpc) is 3.11. The Balaban J connectivity index is 1.67. The lowest BCUT2D eigenvalue weighted by molar-refractivity contribution is 0.438. The maximum absolute atomic E-state index is 14.6. The second-order valence-corrected chi connectivity index (χ2v) is 8.18. The Kier molecular flexibility index (Phi) is 4.28. The minimum absolute atomic E-state index is 0.0451. The molecule has 4 aromatic rings. The van der Waals surface area contributed by atoms with Crippen LogP contribution in [0.3, 0.4) is 0 Å². The number of benzene rings is 1. The van der Waals surface area contributed by atoms with Crippen molar-refractivity contribution in [3.63, 3.8) is 0 Å². The second-order valence-electron chi connectivity index (χ2n) is 8.18. The Morgan fingerprint density at radius 3 is 2.76 bits per heavy atom. The largest absolute Gasteiger partial charge is 0.421 e. The molecule has 33 heavy (non-hydrogen) atoms. The number of anilines is 2. The van der Waals surface area contributed by atoms with Crippen molar-refractivity contribution in [2.24, 2.45) is 5.73 Å². The van der Waals surface area contributed by atoms with Crippen molar-refractivity contribution < 1.29 is 13.2 Å². The monoisotopic (exact) mass is 451 g/mol. The van der Waals surface area contributed by atoms with Crippen molar-refractivity contribution in [2.75, 3.05) is 30.3 Å². The molecule has 10 heteroatoms. The first kappa shape index (κ1) is 17.7. The molecule has 1 fully saturated rings. The summed E-state index contributed by atoms with van der Waals surface area (Å²) in [5.41, 5.74) is 9.23. The van der Waals surface area contributed by atoms with Crippen molar-refractivity contribution in [1.29, 1.82) is 0 Å². The SMILES string of the molecule is [2H]C([2H])([2H])Nc1cc(F)cc2c1[nH]c1nc(Oc3cnc(C)nc3)nc(N3CC(=C(C)C(C)N)C3)c12. The molecule has 0 saturated carbocycles. The number of hydrogen-bond donors (Lipinski definition) is 3. The van der Waals surface area contributed by atoms with E-state index in [1.807, 2.05) is 18.7 Å². The molecule has 1 saturated heterocycles. The highest BCUT2D eigenvalue weighted by molar-refractivity contribution is 6.14. The van der Waals surface area contributed by atoms with Crippen LogP contribution in [0.15, 0.2) is 35.7 Å². The minimum atomic E-state index is -2.51. The van der Waals surface area contributed by atoms with Gasteiger partial charge in [-0.1, -0.05) is 5.57 Å². The predicted molar refractivity (Wildman–Crippen MR) is 126 cm³/mol. The number of rotatable bonds is 5. The van der Waals surface area contributed by atoms with Crippen LogP contribution in [0.5, 0.6) is 11.8 Å². The van der Waals surface area contributed by atoms with Crippen LogP contribution in [0.4, 0.5) is 15.9 Å². The fourth-order valence-electron chi connectivity index (χ4n) is 3.87. The van der Waals surface area contributed by atoms with Gasteiger partial charge in [0.1, 0.15) is 23.1 Å². The van der Waals surface area contributed by atoms with Crippen LogP contribution >= 0.6 is 0 Å². The first-order valence-corrected chi connectivity index (χ1v) is 10.4. The lowest BCUT2D eigenvalue weighted by atomic mass is 9.97. The molecule has 1 aromatic carbocycles. The summed E-state index contributed by atoms with van der Waals surface area (Å²) in [6.45, 7) is 4.37. The third kappa shape index (κ3) is 3.72. The number of ether oxygens (including phenoxy) is 1. The van der Waals surface area contributed by atoms with Crippen molar-refractivity contribution >= 4 is 33.4 Å². The van der Waals surface area contributed by atoms with Crippen LogP contribution < -0.4 is 20.7 Å². The molecule has 1 aliphatic rings. The molecule has 1 unspecified atom stereocenters. The van der Waals surface area contributed by atoms with Gasteiger partial charge in [0, 0.05) is 35.6 Å². The van der Waals surface area contributed by atoms with Crippen molar-refractivity contribution in [3.05, 3.63) is 47.3 Å². The normalized spacial score (nSPS) is 16.2. The topological polar surface area (TPSA) is 118 Å². The molecule has 0 radical (unpaired) electrons. The fourth-order valence-corrected chi connectivity index (χ4v) is 3.87. The molecule has 3 aromatic heterocycles. The molecule has 9 nitrogen and oxygen atoms in total. The number of hydrogen-bond acceptors (Lipinski definition) is 8. The van der Waals surface area contributed by atoms with E-state index >= 15 is 0 Å². The number of nitrogens with zero attached hydrogens (tertiary/aromatic N) is 5. The quantitative estimate of drug-likeness (QED) is 0.394. The third-order valence-electron chi connectivity index (χ3n) is 5.89. The van der Waals surface area contributed by atoms with Crippen LogP contribution in [0.1, 0.15) is 23.8 Å². The molecule has 0 aliphatic carbocycles. The first-order chi connectivity index (χ1) is 17.0.